The molecule has 1 aromatic heterocycles. The van der Waals surface area contributed by atoms with E-state index in [0.29, 0.717) is 12.6 Å². The Balaban J connectivity index is 0.000000165. The van der Waals surface area contributed by atoms with Crippen LogP contribution in [0.4, 0.5) is 16.2 Å². The third kappa shape index (κ3) is 7.07. The molecule has 2 N–H and O–H groups in total. The number of hydrogen-bond acceptors (Lipinski definition) is 6. The average molecular weight is 572 g/mol. The van der Waals surface area contributed by atoms with E-state index >= 15 is 0 Å². The van der Waals surface area contributed by atoms with Crippen molar-refractivity contribution in [1.82, 2.24) is 20.1 Å². The number of hydrogen-bond donors (Lipinski definition) is 2. The zero-order valence-corrected chi connectivity index (χ0v) is 25.5. The van der Waals surface area contributed by atoms with Crippen LogP contribution in [0.1, 0.15) is 18.1 Å². The van der Waals surface area contributed by atoms with Gasteiger partial charge in [0.1, 0.15) is 6.61 Å². The number of H-pyrrole nitrogens is 1. The lowest BCUT2D eigenvalue weighted by atomic mass is 10.0. The molecule has 1 amide bonds. The van der Waals surface area contributed by atoms with Crippen molar-refractivity contribution in [2.75, 3.05) is 52.8 Å². The number of aromatic nitrogens is 1. The number of anilines is 2. The number of benzene rings is 3. The summed E-state index contributed by atoms with van der Waals surface area (Å²) in [7, 11) is 8.45. The first-order chi connectivity index (χ1) is 19.8. The molecular formula is C33H41N5O2S. The van der Waals surface area contributed by atoms with Gasteiger partial charge in [-0.15, -0.1) is 0 Å². The van der Waals surface area contributed by atoms with Crippen LogP contribution in [0.2, 0.25) is 0 Å². The van der Waals surface area contributed by atoms with Crippen molar-refractivity contribution in [1.29, 1.82) is 0 Å². The standard InChI is InChI=1S/C17H20N2S.C16H21N3O2/c1-13(18(2)3)12-19-14-8-4-6-10-16(14)20-17-11-7-5-9-15(17)19;1-19(2)6-5-12-9-17-15-4-3-11(8-14(12)15)7-13-10-21-16(20)18-13/h4-11,13H,12H2,1-3H3;3-4,8-9,13,17H,5-7,10H2,1-2H3,(H,18,20)/t;13-/m.0/s1. The molecule has 4 aromatic rings. The van der Waals surface area contributed by atoms with Gasteiger partial charge in [-0.05, 0) is 95.5 Å². The average Bonchev–Trinajstić information content (AvgIpc) is 3.57. The maximum Gasteiger partial charge on any atom is 0.407 e. The SMILES string of the molecule is CC(CN1c2ccccc2Sc2ccccc21)N(C)C.CN(C)CCc1c[nH]c2ccc(C[C@H]3COC(=O)N3)cc12. The van der Waals surface area contributed by atoms with Gasteiger partial charge in [0.05, 0.1) is 17.4 Å². The smallest absolute Gasteiger partial charge is 0.407 e. The van der Waals surface area contributed by atoms with Gasteiger partial charge >= 0.3 is 6.09 Å². The van der Waals surface area contributed by atoms with E-state index in [-0.39, 0.29) is 12.1 Å². The molecule has 7 nitrogen and oxygen atoms in total. The number of fused-ring (bicyclic) bond motifs is 3. The molecule has 0 spiro atoms. The van der Waals surface area contributed by atoms with Crippen molar-refractivity contribution in [3.8, 4) is 0 Å². The number of likely N-dealkylation sites (N-methyl/N-ethyl adjacent to an activating group) is 2. The number of alkyl carbamates (subject to hydrolysis) is 1. The lowest BCUT2D eigenvalue weighted by Gasteiger charge is -2.36. The van der Waals surface area contributed by atoms with Crippen LogP contribution in [0.15, 0.2) is 82.7 Å². The van der Waals surface area contributed by atoms with E-state index in [9.17, 15) is 4.79 Å². The molecule has 0 bridgehead atoms. The van der Waals surface area contributed by atoms with Gasteiger partial charge in [0.25, 0.3) is 0 Å². The van der Waals surface area contributed by atoms with E-state index in [4.69, 9.17) is 4.74 Å². The number of nitrogens with zero attached hydrogens (tertiary/aromatic N) is 3. The topological polar surface area (TPSA) is 63.8 Å². The minimum absolute atomic E-state index is 0.0825. The Labute approximate surface area is 247 Å². The van der Waals surface area contributed by atoms with Crippen LogP contribution < -0.4 is 10.2 Å². The van der Waals surface area contributed by atoms with Crippen molar-refractivity contribution in [2.24, 2.45) is 0 Å². The summed E-state index contributed by atoms with van der Waals surface area (Å²) in [4.78, 5) is 24.0. The largest absolute Gasteiger partial charge is 0.447 e. The van der Waals surface area contributed by atoms with E-state index in [1.165, 1.54) is 43.2 Å². The highest BCUT2D eigenvalue weighted by atomic mass is 32.2. The highest BCUT2D eigenvalue weighted by Crippen LogP contribution is 2.47. The third-order valence-electron chi connectivity index (χ3n) is 7.74. The molecule has 1 saturated heterocycles. The monoisotopic (exact) mass is 571 g/mol. The van der Waals surface area contributed by atoms with Crippen molar-refractivity contribution >= 4 is 40.1 Å². The van der Waals surface area contributed by atoms with Crippen molar-refractivity contribution in [2.45, 2.75) is 41.6 Å². The van der Waals surface area contributed by atoms with Crippen LogP contribution in [0.3, 0.4) is 0 Å². The number of amides is 1. The molecule has 0 aliphatic carbocycles. The molecule has 3 heterocycles. The van der Waals surface area contributed by atoms with Gasteiger partial charge in [-0.3, -0.25) is 0 Å². The van der Waals surface area contributed by atoms with E-state index < -0.39 is 0 Å². The number of nitrogens with one attached hydrogen (secondary N) is 2. The molecule has 1 fully saturated rings. The molecule has 216 valence electrons. The fourth-order valence-electron chi connectivity index (χ4n) is 5.13. The van der Waals surface area contributed by atoms with E-state index in [1.54, 1.807) is 0 Å². The highest BCUT2D eigenvalue weighted by molar-refractivity contribution is 7.99. The van der Waals surface area contributed by atoms with Crippen LogP contribution in [-0.4, -0.2) is 80.8 Å². The van der Waals surface area contributed by atoms with Gasteiger partial charge < -0.3 is 29.7 Å². The van der Waals surface area contributed by atoms with Gasteiger partial charge in [0.15, 0.2) is 0 Å². The zero-order chi connectivity index (χ0) is 28.9. The fraction of sp³-hybridized carbons (Fsp3) is 0.364. The van der Waals surface area contributed by atoms with Crippen LogP contribution in [0, 0.1) is 0 Å². The molecule has 1 unspecified atom stereocenters. The summed E-state index contributed by atoms with van der Waals surface area (Å²) in [6, 6.07) is 24.4. The second-order valence-electron chi connectivity index (χ2n) is 11.4. The normalized spacial score (nSPS) is 16.6. The molecule has 2 aliphatic heterocycles. The number of para-hydroxylation sites is 2. The second-order valence-corrected chi connectivity index (χ2v) is 12.4. The maximum atomic E-state index is 11.1. The summed E-state index contributed by atoms with van der Waals surface area (Å²) in [5, 5.41) is 4.10. The lowest BCUT2D eigenvalue weighted by Crippen LogP contribution is -2.37. The maximum absolute atomic E-state index is 11.1. The molecule has 8 heteroatoms. The summed E-state index contributed by atoms with van der Waals surface area (Å²) in [5.41, 5.74) is 6.38. The van der Waals surface area contributed by atoms with Crippen LogP contribution >= 0.6 is 11.8 Å². The summed E-state index contributed by atoms with van der Waals surface area (Å²) < 4.78 is 4.94. The highest BCUT2D eigenvalue weighted by Gasteiger charge is 2.25. The molecular weight excluding hydrogens is 530 g/mol. The summed E-state index contributed by atoms with van der Waals surface area (Å²) in [5.74, 6) is 0. The quantitative estimate of drug-likeness (QED) is 0.264. The minimum atomic E-state index is -0.311. The number of cyclic esters (lactones) is 1. The molecule has 2 aliphatic rings. The van der Waals surface area contributed by atoms with E-state index in [1.807, 2.05) is 11.8 Å². The Kier molecular flexibility index (Phi) is 9.22. The number of ether oxygens (including phenoxy) is 1. The van der Waals surface area contributed by atoms with Gasteiger partial charge in [-0.1, -0.05) is 42.1 Å². The zero-order valence-electron chi connectivity index (χ0n) is 24.7. The Hall–Kier alpha value is -3.46. The first kappa shape index (κ1) is 29.0. The van der Waals surface area contributed by atoms with Gasteiger partial charge in [-0.25, -0.2) is 4.79 Å². The van der Waals surface area contributed by atoms with E-state index in [2.05, 4.69) is 133 Å². The fourth-order valence-corrected chi connectivity index (χ4v) is 6.23. The lowest BCUT2D eigenvalue weighted by molar-refractivity contribution is 0.177. The third-order valence-corrected chi connectivity index (χ3v) is 8.87. The van der Waals surface area contributed by atoms with E-state index in [0.717, 1.165) is 25.9 Å². The predicted molar refractivity (Wildman–Crippen MR) is 170 cm³/mol. The Morgan fingerprint density at radius 1 is 1.00 bits per heavy atom. The second kappa shape index (κ2) is 13.0. The number of rotatable bonds is 8. The molecule has 3 aromatic carbocycles. The van der Waals surface area contributed by atoms with Crippen LogP contribution in [-0.2, 0) is 17.6 Å². The van der Waals surface area contributed by atoms with Gasteiger partial charge in [-0.2, -0.15) is 0 Å². The van der Waals surface area contributed by atoms with Gasteiger partial charge in [0.2, 0.25) is 0 Å². The van der Waals surface area contributed by atoms with Crippen LogP contribution in [0.25, 0.3) is 10.9 Å². The Bertz CT molecular complexity index is 1440. The van der Waals surface area contributed by atoms with Crippen molar-refractivity contribution in [3.63, 3.8) is 0 Å². The molecule has 2 atom stereocenters. The summed E-state index contributed by atoms with van der Waals surface area (Å²) in [6.45, 7) is 4.76. The minimum Gasteiger partial charge on any atom is -0.447 e. The summed E-state index contributed by atoms with van der Waals surface area (Å²) in [6.07, 6.45) is 3.62. The Morgan fingerprint density at radius 3 is 2.29 bits per heavy atom. The van der Waals surface area contributed by atoms with Gasteiger partial charge in [0, 0.05) is 46.0 Å². The molecule has 0 radical (unpaired) electrons. The van der Waals surface area contributed by atoms with Crippen LogP contribution in [0.5, 0.6) is 0 Å². The molecule has 0 saturated carbocycles. The number of carbonyl (C=O) groups is 1. The number of carbonyl (C=O) groups excluding carboxylic acids is 1. The first-order valence-electron chi connectivity index (χ1n) is 14.2. The predicted octanol–water partition coefficient (Wildman–Crippen LogP) is 6.16. The summed E-state index contributed by atoms with van der Waals surface area (Å²) >= 11 is 1.87. The molecule has 6 rings (SSSR count). The molecule has 41 heavy (non-hydrogen) atoms. The van der Waals surface area contributed by atoms with Crippen molar-refractivity contribution in [3.05, 3.63) is 84.1 Å². The first-order valence-corrected chi connectivity index (χ1v) is 15.1. The Morgan fingerprint density at radius 2 is 1.68 bits per heavy atom. The number of aromatic amines is 1. The van der Waals surface area contributed by atoms with Crippen molar-refractivity contribution < 1.29 is 9.53 Å².